The number of carbonyl (C=O) groups is 1. The maximum Gasteiger partial charge on any atom is 0.264 e. The number of hydrogen-bond acceptors (Lipinski definition) is 5. The van der Waals surface area contributed by atoms with Crippen molar-refractivity contribution in [3.05, 3.63) is 112 Å². The van der Waals surface area contributed by atoms with Crippen molar-refractivity contribution >= 4 is 65.6 Å². The predicted molar refractivity (Wildman–Crippen MR) is 162 cm³/mol. The highest BCUT2D eigenvalue weighted by Gasteiger charge is 2.27. The Morgan fingerprint density at radius 2 is 1.33 bits per heavy atom. The monoisotopic (exact) mass is 675 g/mol. The highest BCUT2D eigenvalue weighted by molar-refractivity contribution is 14.1. The van der Waals surface area contributed by atoms with Crippen molar-refractivity contribution in [3.63, 3.8) is 0 Å². The van der Waals surface area contributed by atoms with E-state index in [0.29, 0.717) is 17.1 Å². The molecule has 0 saturated heterocycles. The van der Waals surface area contributed by atoms with Crippen LogP contribution in [0, 0.1) is 17.4 Å². The third-order valence-electron chi connectivity index (χ3n) is 5.90. The Bertz CT molecular complexity index is 1670. The molecule has 0 aromatic heterocycles. The predicted octanol–water partition coefficient (Wildman–Crippen LogP) is 5.54. The smallest absolute Gasteiger partial charge is 0.264 e. The molecule has 0 radical (unpaired) electrons. The van der Waals surface area contributed by atoms with Gasteiger partial charge in [-0.2, -0.15) is 0 Å². The molecule has 8 nitrogen and oxygen atoms in total. The third kappa shape index (κ3) is 6.78. The first-order valence-corrected chi connectivity index (χ1v) is 15.8. The lowest BCUT2D eigenvalue weighted by molar-refractivity contribution is -0.114. The van der Waals surface area contributed by atoms with Crippen LogP contribution in [0.15, 0.2) is 107 Å². The number of anilines is 3. The summed E-state index contributed by atoms with van der Waals surface area (Å²) in [5.74, 6) is -0.586. The van der Waals surface area contributed by atoms with Crippen LogP contribution in [-0.4, -0.2) is 29.3 Å². The number of halogens is 1. The van der Waals surface area contributed by atoms with Crippen molar-refractivity contribution in [3.8, 4) is 0 Å². The Labute approximate surface area is 242 Å². The average Bonchev–Trinajstić information content (AvgIpc) is 2.91. The summed E-state index contributed by atoms with van der Waals surface area (Å²) in [5.41, 5.74) is 2.78. The van der Waals surface area contributed by atoms with E-state index in [9.17, 15) is 21.6 Å². The molecule has 4 aromatic rings. The molecule has 0 bridgehead atoms. The number of sulfonamides is 2. The number of hydrogen-bond donors (Lipinski definition) is 2. The van der Waals surface area contributed by atoms with E-state index in [2.05, 4.69) is 32.6 Å². The molecule has 0 heterocycles. The minimum Gasteiger partial charge on any atom is -0.325 e. The Morgan fingerprint density at radius 1 is 0.744 bits per heavy atom. The van der Waals surface area contributed by atoms with Crippen LogP contribution >= 0.6 is 22.6 Å². The lowest BCUT2D eigenvalue weighted by Crippen LogP contribution is -2.38. The zero-order valence-electron chi connectivity index (χ0n) is 21.1. The molecule has 11 heteroatoms. The van der Waals surface area contributed by atoms with E-state index in [-0.39, 0.29) is 9.79 Å². The van der Waals surface area contributed by atoms with Crippen molar-refractivity contribution in [2.45, 2.75) is 23.6 Å². The SMILES string of the molecule is Cc1cccc(C)c1NS(=O)(=O)c1ccc(NC(=O)CN(c2ccc(I)cc2)S(=O)(=O)c2ccccc2)cc1. The number of para-hydroxylation sites is 1. The van der Waals surface area contributed by atoms with Crippen LogP contribution in [0.3, 0.4) is 0 Å². The highest BCUT2D eigenvalue weighted by Crippen LogP contribution is 2.26. The van der Waals surface area contributed by atoms with Gasteiger partial charge in [-0.15, -0.1) is 0 Å². The summed E-state index contributed by atoms with van der Waals surface area (Å²) in [6.45, 7) is 3.16. The summed E-state index contributed by atoms with van der Waals surface area (Å²) in [7, 11) is -7.90. The van der Waals surface area contributed by atoms with E-state index >= 15 is 0 Å². The van der Waals surface area contributed by atoms with E-state index in [0.717, 1.165) is 19.0 Å². The first-order chi connectivity index (χ1) is 18.5. The lowest BCUT2D eigenvalue weighted by atomic mass is 10.1. The van der Waals surface area contributed by atoms with Gasteiger partial charge in [0.25, 0.3) is 20.0 Å². The van der Waals surface area contributed by atoms with Crippen LogP contribution in [-0.2, 0) is 24.8 Å². The molecule has 0 unspecified atom stereocenters. The zero-order valence-corrected chi connectivity index (χ0v) is 24.9. The number of benzene rings is 4. The normalized spacial score (nSPS) is 11.6. The van der Waals surface area contributed by atoms with Gasteiger partial charge in [-0.25, -0.2) is 16.8 Å². The van der Waals surface area contributed by atoms with Crippen LogP contribution in [0.2, 0.25) is 0 Å². The van der Waals surface area contributed by atoms with E-state index in [1.807, 2.05) is 32.0 Å². The van der Waals surface area contributed by atoms with Gasteiger partial charge < -0.3 is 5.32 Å². The maximum atomic E-state index is 13.4. The summed E-state index contributed by atoms with van der Waals surface area (Å²) in [5, 5.41) is 2.66. The molecule has 0 saturated carbocycles. The van der Waals surface area contributed by atoms with Gasteiger partial charge in [-0.3, -0.25) is 13.8 Å². The minimum absolute atomic E-state index is 0.0234. The number of rotatable bonds is 9. The molecule has 39 heavy (non-hydrogen) atoms. The first-order valence-electron chi connectivity index (χ1n) is 11.8. The summed E-state index contributed by atoms with van der Waals surface area (Å²) >= 11 is 2.12. The molecule has 1 amide bonds. The summed E-state index contributed by atoms with van der Waals surface area (Å²) in [6, 6.07) is 25.8. The summed E-state index contributed by atoms with van der Waals surface area (Å²) in [4.78, 5) is 13.1. The Hall–Kier alpha value is -3.42. The van der Waals surface area contributed by atoms with Crippen LogP contribution < -0.4 is 14.3 Å². The fraction of sp³-hybridized carbons (Fsp3) is 0.107. The van der Waals surface area contributed by atoms with Gasteiger partial charge in [0.1, 0.15) is 6.54 Å². The number of nitrogens with zero attached hydrogens (tertiary/aromatic N) is 1. The zero-order chi connectivity index (χ0) is 28.2. The fourth-order valence-corrected chi connectivity index (χ4v) is 6.86. The maximum absolute atomic E-state index is 13.4. The third-order valence-corrected chi connectivity index (χ3v) is 9.77. The molecule has 0 atom stereocenters. The van der Waals surface area contributed by atoms with E-state index in [1.54, 1.807) is 42.5 Å². The topological polar surface area (TPSA) is 113 Å². The van der Waals surface area contributed by atoms with Gasteiger partial charge in [0.15, 0.2) is 0 Å². The molecular weight excluding hydrogens is 649 g/mol. The van der Waals surface area contributed by atoms with Gasteiger partial charge in [-0.05, 0) is 108 Å². The molecular formula is C28H26IN3O5S2. The van der Waals surface area contributed by atoms with Crippen LogP contribution in [0.4, 0.5) is 17.1 Å². The molecule has 0 aliphatic rings. The minimum atomic E-state index is -4.03. The van der Waals surface area contributed by atoms with Crippen LogP contribution in [0.25, 0.3) is 0 Å². The van der Waals surface area contributed by atoms with Gasteiger partial charge in [-0.1, -0.05) is 36.4 Å². The Kier molecular flexibility index (Phi) is 8.62. The molecule has 0 aliphatic heterocycles. The Balaban J connectivity index is 1.53. The van der Waals surface area contributed by atoms with Crippen LogP contribution in [0.5, 0.6) is 0 Å². The van der Waals surface area contributed by atoms with Crippen molar-refractivity contribution in [1.82, 2.24) is 0 Å². The number of aryl methyl sites for hydroxylation is 2. The van der Waals surface area contributed by atoms with E-state index in [4.69, 9.17) is 0 Å². The number of amides is 1. The molecule has 4 rings (SSSR count). The van der Waals surface area contributed by atoms with Gasteiger partial charge in [0.05, 0.1) is 21.2 Å². The standard InChI is InChI=1S/C28H26IN3O5S2/c1-20-7-6-8-21(2)28(20)31-38(34,35)25-17-13-23(14-18-25)30-27(33)19-32(24-15-11-22(29)12-16-24)39(36,37)26-9-4-3-5-10-26/h3-18,31H,19H2,1-2H3,(H,30,33). The fourth-order valence-electron chi connectivity index (χ4n) is 3.86. The van der Waals surface area contributed by atoms with Gasteiger partial charge in [0, 0.05) is 9.26 Å². The van der Waals surface area contributed by atoms with Crippen LogP contribution in [0.1, 0.15) is 11.1 Å². The molecule has 0 spiro atoms. The second-order valence-electron chi connectivity index (χ2n) is 8.75. The number of carbonyl (C=O) groups excluding carboxylic acids is 1. The first kappa shape index (κ1) is 28.6. The average molecular weight is 676 g/mol. The Morgan fingerprint density at radius 3 is 1.92 bits per heavy atom. The quantitative estimate of drug-likeness (QED) is 0.226. The molecule has 2 N–H and O–H groups in total. The van der Waals surface area contributed by atoms with Gasteiger partial charge >= 0.3 is 0 Å². The highest BCUT2D eigenvalue weighted by atomic mass is 127. The summed E-state index contributed by atoms with van der Waals surface area (Å²) in [6.07, 6.45) is 0. The van der Waals surface area contributed by atoms with Crippen molar-refractivity contribution in [2.24, 2.45) is 0 Å². The van der Waals surface area contributed by atoms with Crippen molar-refractivity contribution in [2.75, 3.05) is 20.9 Å². The second-order valence-corrected chi connectivity index (χ2v) is 13.5. The largest absolute Gasteiger partial charge is 0.325 e. The molecule has 4 aromatic carbocycles. The van der Waals surface area contributed by atoms with Gasteiger partial charge in [0.2, 0.25) is 5.91 Å². The van der Waals surface area contributed by atoms with Crippen molar-refractivity contribution < 1.29 is 21.6 Å². The molecule has 0 aliphatic carbocycles. The van der Waals surface area contributed by atoms with E-state index in [1.165, 1.54) is 36.4 Å². The molecule has 0 fully saturated rings. The number of nitrogens with one attached hydrogen (secondary N) is 2. The summed E-state index contributed by atoms with van der Waals surface area (Å²) < 4.78 is 57.3. The second kappa shape index (κ2) is 11.8. The van der Waals surface area contributed by atoms with E-state index < -0.39 is 32.5 Å². The van der Waals surface area contributed by atoms with Crippen molar-refractivity contribution in [1.29, 1.82) is 0 Å². The molecule has 202 valence electrons. The lowest BCUT2D eigenvalue weighted by Gasteiger charge is -2.24.